The summed E-state index contributed by atoms with van der Waals surface area (Å²) in [6, 6.07) is 10.3. The summed E-state index contributed by atoms with van der Waals surface area (Å²) in [5, 5.41) is 3.53. The first kappa shape index (κ1) is 14.6. The molecule has 2 heteroatoms. The van der Waals surface area contributed by atoms with Crippen molar-refractivity contribution in [2.45, 2.75) is 40.8 Å². The van der Waals surface area contributed by atoms with Gasteiger partial charge in [-0.2, -0.15) is 0 Å². The van der Waals surface area contributed by atoms with E-state index in [1.165, 1.54) is 33.4 Å². The number of anilines is 1. The van der Waals surface area contributed by atoms with E-state index in [1.54, 1.807) is 0 Å². The standard InChI is InChI=1S/C18H24N2/c1-12-9-13(2)15(4)18(14(12)3)11-20-10-16-5-7-17(19)8-6-16/h5-9,20H,10-11,19H2,1-4H3. The molecule has 20 heavy (non-hydrogen) atoms. The molecule has 0 atom stereocenters. The third-order valence-corrected chi connectivity index (χ3v) is 4.13. The van der Waals surface area contributed by atoms with Crippen molar-refractivity contribution in [1.29, 1.82) is 0 Å². The summed E-state index contributed by atoms with van der Waals surface area (Å²) in [5.74, 6) is 0. The number of nitrogens with one attached hydrogen (secondary N) is 1. The molecule has 0 unspecified atom stereocenters. The average Bonchev–Trinajstić information content (AvgIpc) is 2.42. The fraction of sp³-hybridized carbons (Fsp3) is 0.333. The van der Waals surface area contributed by atoms with Crippen LogP contribution >= 0.6 is 0 Å². The van der Waals surface area contributed by atoms with Gasteiger partial charge in [-0.05, 0) is 73.2 Å². The molecule has 106 valence electrons. The van der Waals surface area contributed by atoms with Crippen LogP contribution in [-0.4, -0.2) is 0 Å². The fourth-order valence-electron chi connectivity index (χ4n) is 2.53. The minimum absolute atomic E-state index is 0.815. The van der Waals surface area contributed by atoms with Crippen LogP contribution < -0.4 is 11.1 Å². The molecule has 0 saturated carbocycles. The van der Waals surface area contributed by atoms with E-state index in [-0.39, 0.29) is 0 Å². The Morgan fingerprint density at radius 3 is 1.95 bits per heavy atom. The highest BCUT2D eigenvalue weighted by Gasteiger charge is 2.07. The van der Waals surface area contributed by atoms with Crippen molar-refractivity contribution in [1.82, 2.24) is 5.32 Å². The van der Waals surface area contributed by atoms with Crippen LogP contribution in [0.2, 0.25) is 0 Å². The molecule has 2 aromatic rings. The van der Waals surface area contributed by atoms with E-state index in [9.17, 15) is 0 Å². The molecule has 0 aliphatic rings. The van der Waals surface area contributed by atoms with Gasteiger partial charge in [0.2, 0.25) is 0 Å². The molecule has 0 fully saturated rings. The molecule has 2 nitrogen and oxygen atoms in total. The molecule has 0 aliphatic heterocycles. The van der Waals surface area contributed by atoms with E-state index in [0.717, 1.165) is 18.8 Å². The molecule has 0 heterocycles. The first-order chi connectivity index (χ1) is 9.49. The zero-order valence-corrected chi connectivity index (χ0v) is 12.9. The van der Waals surface area contributed by atoms with Crippen LogP contribution in [0.1, 0.15) is 33.4 Å². The Labute approximate surface area is 122 Å². The van der Waals surface area contributed by atoms with Gasteiger partial charge < -0.3 is 11.1 Å². The van der Waals surface area contributed by atoms with Crippen LogP contribution in [0.25, 0.3) is 0 Å². The maximum absolute atomic E-state index is 5.70. The Morgan fingerprint density at radius 1 is 0.850 bits per heavy atom. The van der Waals surface area contributed by atoms with Gasteiger partial charge in [-0.25, -0.2) is 0 Å². The summed E-state index contributed by atoms with van der Waals surface area (Å²) in [6.07, 6.45) is 0. The number of nitrogens with two attached hydrogens (primary N) is 1. The van der Waals surface area contributed by atoms with Crippen molar-refractivity contribution in [3.63, 3.8) is 0 Å². The predicted octanol–water partition coefficient (Wildman–Crippen LogP) is 3.79. The number of nitrogen functional groups attached to an aromatic ring is 1. The summed E-state index contributed by atoms with van der Waals surface area (Å²) in [6.45, 7) is 10.6. The maximum atomic E-state index is 5.70. The van der Waals surface area contributed by atoms with Gasteiger partial charge in [0, 0.05) is 18.8 Å². The zero-order chi connectivity index (χ0) is 14.7. The Balaban J connectivity index is 2.06. The topological polar surface area (TPSA) is 38.0 Å². The van der Waals surface area contributed by atoms with Gasteiger partial charge in [-0.3, -0.25) is 0 Å². The predicted molar refractivity (Wildman–Crippen MR) is 86.8 cm³/mol. The molecule has 3 N–H and O–H groups in total. The quantitative estimate of drug-likeness (QED) is 0.828. The second kappa shape index (κ2) is 6.10. The lowest BCUT2D eigenvalue weighted by molar-refractivity contribution is 0.686. The summed E-state index contributed by atoms with van der Waals surface area (Å²) in [5.41, 5.74) is 14.8. The third kappa shape index (κ3) is 3.20. The van der Waals surface area contributed by atoms with Crippen LogP contribution in [0.5, 0.6) is 0 Å². The number of rotatable bonds is 4. The van der Waals surface area contributed by atoms with E-state index >= 15 is 0 Å². The molecule has 0 amide bonds. The minimum Gasteiger partial charge on any atom is -0.399 e. The van der Waals surface area contributed by atoms with E-state index in [1.807, 2.05) is 12.1 Å². The van der Waals surface area contributed by atoms with Crippen molar-refractivity contribution < 1.29 is 0 Å². The number of hydrogen-bond donors (Lipinski definition) is 2. The number of aryl methyl sites for hydroxylation is 2. The largest absolute Gasteiger partial charge is 0.399 e. The van der Waals surface area contributed by atoms with Crippen molar-refractivity contribution in [2.24, 2.45) is 0 Å². The second-order valence-corrected chi connectivity index (χ2v) is 5.58. The normalized spacial score (nSPS) is 10.8. The lowest BCUT2D eigenvalue weighted by Crippen LogP contribution is -2.15. The van der Waals surface area contributed by atoms with Crippen molar-refractivity contribution in [3.05, 3.63) is 63.7 Å². The second-order valence-electron chi connectivity index (χ2n) is 5.58. The lowest BCUT2D eigenvalue weighted by Gasteiger charge is -2.16. The number of benzene rings is 2. The van der Waals surface area contributed by atoms with Gasteiger partial charge in [-0.1, -0.05) is 18.2 Å². The van der Waals surface area contributed by atoms with Gasteiger partial charge in [0.1, 0.15) is 0 Å². The van der Waals surface area contributed by atoms with Crippen molar-refractivity contribution >= 4 is 5.69 Å². The summed E-state index contributed by atoms with van der Waals surface area (Å²) < 4.78 is 0. The molecular formula is C18H24N2. The van der Waals surface area contributed by atoms with E-state index < -0.39 is 0 Å². The molecule has 0 aromatic heterocycles. The van der Waals surface area contributed by atoms with Gasteiger partial charge in [0.05, 0.1) is 0 Å². The summed E-state index contributed by atoms with van der Waals surface area (Å²) in [7, 11) is 0. The monoisotopic (exact) mass is 268 g/mol. The first-order valence-corrected chi connectivity index (χ1v) is 7.10. The molecule has 2 rings (SSSR count). The molecular weight excluding hydrogens is 244 g/mol. The van der Waals surface area contributed by atoms with Gasteiger partial charge in [-0.15, -0.1) is 0 Å². The highest BCUT2D eigenvalue weighted by molar-refractivity contribution is 5.44. The van der Waals surface area contributed by atoms with Crippen LogP contribution in [0.15, 0.2) is 30.3 Å². The minimum atomic E-state index is 0.815. The van der Waals surface area contributed by atoms with E-state index in [4.69, 9.17) is 5.73 Å². The fourth-order valence-corrected chi connectivity index (χ4v) is 2.53. The average molecular weight is 268 g/mol. The molecule has 0 bridgehead atoms. The Morgan fingerprint density at radius 2 is 1.40 bits per heavy atom. The Hall–Kier alpha value is -1.80. The van der Waals surface area contributed by atoms with Gasteiger partial charge >= 0.3 is 0 Å². The molecule has 2 aromatic carbocycles. The highest BCUT2D eigenvalue weighted by Crippen LogP contribution is 2.21. The summed E-state index contributed by atoms with van der Waals surface area (Å²) in [4.78, 5) is 0. The Bertz CT molecular complexity index is 572. The van der Waals surface area contributed by atoms with E-state index in [0.29, 0.717) is 0 Å². The smallest absolute Gasteiger partial charge is 0.0314 e. The molecule has 0 saturated heterocycles. The van der Waals surface area contributed by atoms with Crippen LogP contribution in [0.3, 0.4) is 0 Å². The molecule has 0 spiro atoms. The first-order valence-electron chi connectivity index (χ1n) is 7.10. The van der Waals surface area contributed by atoms with Crippen molar-refractivity contribution in [3.8, 4) is 0 Å². The summed E-state index contributed by atoms with van der Waals surface area (Å²) >= 11 is 0. The SMILES string of the molecule is Cc1cc(C)c(C)c(CNCc2ccc(N)cc2)c1C. The van der Waals surface area contributed by atoms with Crippen molar-refractivity contribution in [2.75, 3.05) is 5.73 Å². The van der Waals surface area contributed by atoms with Crippen LogP contribution in [-0.2, 0) is 13.1 Å². The van der Waals surface area contributed by atoms with Gasteiger partial charge in [0.25, 0.3) is 0 Å². The van der Waals surface area contributed by atoms with Crippen LogP contribution in [0.4, 0.5) is 5.69 Å². The third-order valence-electron chi connectivity index (χ3n) is 4.13. The van der Waals surface area contributed by atoms with Crippen LogP contribution in [0, 0.1) is 27.7 Å². The highest BCUT2D eigenvalue weighted by atomic mass is 14.8. The molecule has 0 aliphatic carbocycles. The van der Waals surface area contributed by atoms with E-state index in [2.05, 4.69) is 51.2 Å². The van der Waals surface area contributed by atoms with Gasteiger partial charge in [0.15, 0.2) is 0 Å². The Kier molecular flexibility index (Phi) is 4.46. The lowest BCUT2D eigenvalue weighted by atomic mass is 9.94. The maximum Gasteiger partial charge on any atom is 0.0314 e. The number of hydrogen-bond acceptors (Lipinski definition) is 2. The molecule has 0 radical (unpaired) electrons. The zero-order valence-electron chi connectivity index (χ0n) is 12.9.